The number of anilines is 1. The van der Waals surface area contributed by atoms with E-state index in [9.17, 15) is 9.59 Å². The van der Waals surface area contributed by atoms with Crippen molar-refractivity contribution in [3.63, 3.8) is 0 Å². The minimum atomic E-state index is -0.425. The number of amides is 1. The Kier molecular flexibility index (Phi) is 8.69. The molecule has 0 aliphatic heterocycles. The van der Waals surface area contributed by atoms with Crippen LogP contribution >= 0.6 is 47.0 Å². The molecule has 9 heteroatoms. The van der Waals surface area contributed by atoms with Gasteiger partial charge in [-0.3, -0.25) is 14.9 Å². The van der Waals surface area contributed by atoms with Gasteiger partial charge in [0.15, 0.2) is 10.9 Å². The first-order chi connectivity index (χ1) is 18.1. The van der Waals surface area contributed by atoms with Crippen LogP contribution in [0.4, 0.5) is 5.69 Å². The first-order valence-corrected chi connectivity index (χ1v) is 12.9. The molecule has 2 N–H and O–H groups in total. The van der Waals surface area contributed by atoms with E-state index < -0.39 is 5.91 Å². The lowest BCUT2D eigenvalue weighted by Crippen LogP contribution is -2.34. The Bertz CT molecular complexity index is 1540. The number of aryl methyl sites for hydroxylation is 1. The van der Waals surface area contributed by atoms with Crippen LogP contribution in [0.15, 0.2) is 78.9 Å². The molecule has 0 spiro atoms. The minimum Gasteiger partial charge on any atom is -0.456 e. The zero-order valence-corrected chi connectivity index (χ0v) is 23.4. The number of carbonyl (C=O) groups is 2. The molecule has 0 fully saturated rings. The molecule has 0 saturated heterocycles. The Morgan fingerprint density at radius 1 is 0.842 bits per heavy atom. The van der Waals surface area contributed by atoms with E-state index in [2.05, 4.69) is 10.6 Å². The SMILES string of the molecule is Cc1cc(NC(=S)NC(=O)c2ccccc2Cl)c(C)c(Cl)c1Oc1ccc(C(=O)c2ccc(Cl)cc2)cc1. The van der Waals surface area contributed by atoms with Crippen molar-refractivity contribution in [2.45, 2.75) is 13.8 Å². The molecular formula is C29H21Cl3N2O3S. The molecule has 0 bridgehead atoms. The van der Waals surface area contributed by atoms with Crippen molar-refractivity contribution in [3.8, 4) is 11.5 Å². The number of benzene rings is 4. The molecule has 192 valence electrons. The number of halogens is 3. The lowest BCUT2D eigenvalue weighted by atomic mass is 10.0. The first kappa shape index (κ1) is 27.6. The molecule has 5 nitrogen and oxygen atoms in total. The van der Waals surface area contributed by atoms with Gasteiger partial charge in [0.1, 0.15) is 11.5 Å². The number of rotatable bonds is 6. The van der Waals surface area contributed by atoms with Crippen molar-refractivity contribution in [1.82, 2.24) is 5.32 Å². The first-order valence-electron chi connectivity index (χ1n) is 11.4. The van der Waals surface area contributed by atoms with Crippen molar-refractivity contribution in [1.29, 1.82) is 0 Å². The molecule has 4 aromatic rings. The van der Waals surface area contributed by atoms with Gasteiger partial charge in [0.05, 0.1) is 15.6 Å². The fraction of sp³-hybridized carbons (Fsp3) is 0.0690. The van der Waals surface area contributed by atoms with E-state index in [1.807, 2.05) is 19.9 Å². The summed E-state index contributed by atoms with van der Waals surface area (Å²) in [7, 11) is 0. The van der Waals surface area contributed by atoms with Gasteiger partial charge in [0, 0.05) is 21.8 Å². The molecule has 4 rings (SSSR count). The fourth-order valence-electron chi connectivity index (χ4n) is 3.64. The molecule has 1 amide bonds. The van der Waals surface area contributed by atoms with Gasteiger partial charge in [-0.25, -0.2) is 0 Å². The Morgan fingerprint density at radius 2 is 1.45 bits per heavy atom. The smallest absolute Gasteiger partial charge is 0.258 e. The lowest BCUT2D eigenvalue weighted by Gasteiger charge is -2.18. The Labute approximate surface area is 240 Å². The molecule has 0 radical (unpaired) electrons. The van der Waals surface area contributed by atoms with Crippen LogP contribution < -0.4 is 15.4 Å². The normalized spacial score (nSPS) is 10.6. The van der Waals surface area contributed by atoms with Crippen LogP contribution in [0.5, 0.6) is 11.5 Å². The molecule has 0 atom stereocenters. The predicted molar refractivity (Wildman–Crippen MR) is 157 cm³/mol. The number of thiocarbonyl (C=S) groups is 1. The van der Waals surface area contributed by atoms with Crippen LogP contribution in [0.25, 0.3) is 0 Å². The van der Waals surface area contributed by atoms with Gasteiger partial charge in [-0.1, -0.05) is 46.9 Å². The molecular weight excluding hydrogens is 563 g/mol. The summed E-state index contributed by atoms with van der Waals surface area (Å²) >= 11 is 24.0. The van der Waals surface area contributed by atoms with Crippen LogP contribution in [0, 0.1) is 13.8 Å². The van der Waals surface area contributed by atoms with Crippen molar-refractivity contribution in [3.05, 3.63) is 122 Å². The van der Waals surface area contributed by atoms with Gasteiger partial charge in [0.25, 0.3) is 5.91 Å². The van der Waals surface area contributed by atoms with E-state index in [4.69, 9.17) is 51.8 Å². The summed E-state index contributed by atoms with van der Waals surface area (Å²) in [6.07, 6.45) is 0. The van der Waals surface area contributed by atoms with Crippen molar-refractivity contribution < 1.29 is 14.3 Å². The maximum atomic E-state index is 12.7. The fourth-order valence-corrected chi connectivity index (χ4v) is 4.48. The third-order valence-corrected chi connectivity index (χ3v) is 6.93. The molecule has 4 aromatic carbocycles. The van der Waals surface area contributed by atoms with Crippen LogP contribution in [-0.2, 0) is 0 Å². The van der Waals surface area contributed by atoms with E-state index in [0.29, 0.717) is 54.5 Å². The van der Waals surface area contributed by atoms with Crippen molar-refractivity contribution in [2.75, 3.05) is 5.32 Å². The lowest BCUT2D eigenvalue weighted by molar-refractivity contribution is 0.0976. The van der Waals surface area contributed by atoms with Crippen molar-refractivity contribution >= 4 is 69.5 Å². The molecule has 0 aliphatic rings. The van der Waals surface area contributed by atoms with Gasteiger partial charge in [-0.15, -0.1) is 0 Å². The number of hydrogen-bond acceptors (Lipinski definition) is 4. The van der Waals surface area contributed by atoms with E-state index in [-0.39, 0.29) is 10.9 Å². The molecule has 0 unspecified atom stereocenters. The van der Waals surface area contributed by atoms with Gasteiger partial charge in [0.2, 0.25) is 0 Å². The highest BCUT2D eigenvalue weighted by atomic mass is 35.5. The average Bonchev–Trinajstić information content (AvgIpc) is 2.90. The number of ether oxygens (including phenoxy) is 1. The summed E-state index contributed by atoms with van der Waals surface area (Å²) in [5.74, 6) is 0.445. The van der Waals surface area contributed by atoms with E-state index in [1.165, 1.54) is 0 Å². The number of ketones is 1. The number of nitrogens with one attached hydrogen (secondary N) is 2. The minimum absolute atomic E-state index is 0.100. The third-order valence-electron chi connectivity index (χ3n) is 5.69. The monoisotopic (exact) mass is 582 g/mol. The second-order valence-electron chi connectivity index (χ2n) is 8.36. The zero-order chi connectivity index (χ0) is 27.4. The summed E-state index contributed by atoms with van der Waals surface area (Å²) in [6, 6.07) is 22.0. The number of carbonyl (C=O) groups excluding carboxylic acids is 2. The van der Waals surface area contributed by atoms with Crippen LogP contribution in [-0.4, -0.2) is 16.8 Å². The van der Waals surface area contributed by atoms with E-state index >= 15 is 0 Å². The zero-order valence-electron chi connectivity index (χ0n) is 20.3. The van der Waals surface area contributed by atoms with Gasteiger partial charge in [-0.05, 0) is 104 Å². The highest BCUT2D eigenvalue weighted by Gasteiger charge is 2.17. The molecule has 0 heterocycles. The molecule has 38 heavy (non-hydrogen) atoms. The molecule has 0 aliphatic carbocycles. The maximum absolute atomic E-state index is 12.7. The van der Waals surface area contributed by atoms with E-state index in [0.717, 1.165) is 5.56 Å². The standard InChI is InChI=1S/C29H21Cl3N2O3S/c1-16-15-24(33-29(38)34-28(36)22-5-3-4-6-23(22)31)17(2)25(32)27(16)37-21-13-9-19(10-14-21)26(35)18-7-11-20(30)12-8-18/h3-15H,1-2H3,(H2,33,34,36,38). The maximum Gasteiger partial charge on any atom is 0.258 e. The topological polar surface area (TPSA) is 67.4 Å². The summed E-state index contributed by atoms with van der Waals surface area (Å²) in [5, 5.41) is 7.01. The summed E-state index contributed by atoms with van der Waals surface area (Å²) < 4.78 is 6.07. The summed E-state index contributed by atoms with van der Waals surface area (Å²) in [6.45, 7) is 3.65. The van der Waals surface area contributed by atoms with E-state index in [1.54, 1.807) is 72.8 Å². The molecule has 0 saturated carbocycles. The quantitative estimate of drug-likeness (QED) is 0.176. The van der Waals surface area contributed by atoms with Gasteiger partial charge < -0.3 is 10.1 Å². The Morgan fingerprint density at radius 3 is 2.08 bits per heavy atom. The summed E-state index contributed by atoms with van der Waals surface area (Å²) in [4.78, 5) is 25.2. The molecule has 0 aromatic heterocycles. The van der Waals surface area contributed by atoms with Gasteiger partial charge in [-0.2, -0.15) is 0 Å². The number of hydrogen-bond donors (Lipinski definition) is 2. The predicted octanol–water partition coefficient (Wildman–Crippen LogP) is 8.41. The van der Waals surface area contributed by atoms with Crippen LogP contribution in [0.2, 0.25) is 15.1 Å². The second-order valence-corrected chi connectivity index (χ2v) is 9.99. The van der Waals surface area contributed by atoms with Crippen LogP contribution in [0.1, 0.15) is 37.4 Å². The summed E-state index contributed by atoms with van der Waals surface area (Å²) in [5.41, 5.74) is 3.41. The van der Waals surface area contributed by atoms with Crippen molar-refractivity contribution in [2.24, 2.45) is 0 Å². The second kappa shape index (κ2) is 12.0. The Hall–Kier alpha value is -3.42. The van der Waals surface area contributed by atoms with Gasteiger partial charge >= 0.3 is 0 Å². The Balaban J connectivity index is 1.46. The highest BCUT2D eigenvalue weighted by Crippen LogP contribution is 2.39. The largest absolute Gasteiger partial charge is 0.456 e. The highest BCUT2D eigenvalue weighted by molar-refractivity contribution is 7.80. The average molecular weight is 584 g/mol. The van der Waals surface area contributed by atoms with Crippen LogP contribution in [0.3, 0.4) is 0 Å². The third kappa shape index (κ3) is 6.34.